The molecule has 25 heavy (non-hydrogen) atoms. The smallest absolute Gasteiger partial charge is 0.407 e. The molecule has 2 aromatic rings. The standard InChI is InChI=1S/C21H24N2O2/c24-21(25-14-15-6-2-1-3-7-15)23-20-12-19(13-20)22-18-10-16-8-4-5-9-17(16)11-18/h1-9,18-20,22H,10-14H2,(H,23,24). The van der Waals surface area contributed by atoms with Gasteiger partial charge in [-0.05, 0) is 42.4 Å². The largest absolute Gasteiger partial charge is 0.445 e. The number of fused-ring (bicyclic) bond motifs is 1. The van der Waals surface area contributed by atoms with Crippen LogP contribution in [0.4, 0.5) is 4.79 Å². The van der Waals surface area contributed by atoms with Crippen LogP contribution >= 0.6 is 0 Å². The van der Waals surface area contributed by atoms with Crippen LogP contribution in [0.1, 0.15) is 29.5 Å². The number of carbonyl (C=O) groups is 1. The zero-order valence-corrected chi connectivity index (χ0v) is 14.3. The Morgan fingerprint density at radius 3 is 2.20 bits per heavy atom. The van der Waals surface area contributed by atoms with E-state index in [2.05, 4.69) is 34.9 Å². The van der Waals surface area contributed by atoms with Crippen LogP contribution in [-0.2, 0) is 24.2 Å². The van der Waals surface area contributed by atoms with Gasteiger partial charge in [-0.25, -0.2) is 4.79 Å². The van der Waals surface area contributed by atoms with Gasteiger partial charge >= 0.3 is 6.09 Å². The molecule has 0 aliphatic heterocycles. The summed E-state index contributed by atoms with van der Waals surface area (Å²) in [6.45, 7) is 0.321. The molecule has 2 N–H and O–H groups in total. The molecular formula is C21H24N2O2. The van der Waals surface area contributed by atoms with Gasteiger partial charge in [0.05, 0.1) is 0 Å². The summed E-state index contributed by atoms with van der Waals surface area (Å²) in [6, 6.07) is 19.7. The molecule has 4 rings (SSSR count). The first kappa shape index (κ1) is 16.2. The number of ether oxygens (including phenoxy) is 1. The van der Waals surface area contributed by atoms with Crippen molar-refractivity contribution in [2.75, 3.05) is 0 Å². The predicted octanol–water partition coefficient (Wildman–Crippen LogP) is 3.20. The lowest BCUT2D eigenvalue weighted by atomic mass is 9.86. The third kappa shape index (κ3) is 4.02. The molecule has 0 aromatic heterocycles. The summed E-state index contributed by atoms with van der Waals surface area (Å²) in [5.74, 6) is 0. The molecular weight excluding hydrogens is 312 g/mol. The Morgan fingerprint density at radius 2 is 1.52 bits per heavy atom. The second-order valence-electron chi connectivity index (χ2n) is 7.11. The molecule has 1 amide bonds. The molecule has 0 saturated heterocycles. The zero-order chi connectivity index (χ0) is 17.1. The minimum atomic E-state index is -0.319. The van der Waals surface area contributed by atoms with Crippen LogP contribution in [0.2, 0.25) is 0 Å². The van der Waals surface area contributed by atoms with E-state index in [-0.39, 0.29) is 12.1 Å². The van der Waals surface area contributed by atoms with E-state index in [0.717, 1.165) is 31.2 Å². The number of alkyl carbamates (subject to hydrolysis) is 1. The maximum atomic E-state index is 11.9. The molecule has 0 heterocycles. The fourth-order valence-corrected chi connectivity index (χ4v) is 3.81. The minimum absolute atomic E-state index is 0.226. The maximum absolute atomic E-state index is 11.9. The lowest BCUT2D eigenvalue weighted by molar-refractivity contribution is 0.124. The van der Waals surface area contributed by atoms with Crippen LogP contribution < -0.4 is 10.6 Å². The molecule has 0 spiro atoms. The Bertz CT molecular complexity index is 701. The van der Waals surface area contributed by atoms with E-state index < -0.39 is 0 Å². The maximum Gasteiger partial charge on any atom is 0.407 e. The van der Waals surface area contributed by atoms with Crippen molar-refractivity contribution in [2.24, 2.45) is 0 Å². The Labute approximate surface area is 148 Å². The summed E-state index contributed by atoms with van der Waals surface area (Å²) in [6.07, 6.45) is 3.87. The van der Waals surface area contributed by atoms with Gasteiger partial charge < -0.3 is 15.4 Å². The summed E-state index contributed by atoms with van der Waals surface area (Å²) in [7, 11) is 0. The Kier molecular flexibility index (Phi) is 4.70. The Balaban J connectivity index is 1.14. The van der Waals surface area contributed by atoms with Crippen molar-refractivity contribution < 1.29 is 9.53 Å². The second-order valence-corrected chi connectivity index (χ2v) is 7.11. The average Bonchev–Trinajstić information content (AvgIpc) is 3.01. The number of hydrogen-bond donors (Lipinski definition) is 2. The van der Waals surface area contributed by atoms with E-state index in [0.29, 0.717) is 18.7 Å². The highest BCUT2D eigenvalue weighted by Gasteiger charge is 2.33. The van der Waals surface area contributed by atoms with E-state index in [1.165, 1.54) is 11.1 Å². The van der Waals surface area contributed by atoms with Gasteiger partial charge in [0.15, 0.2) is 0 Å². The highest BCUT2D eigenvalue weighted by atomic mass is 16.5. The number of rotatable bonds is 5. The van der Waals surface area contributed by atoms with E-state index >= 15 is 0 Å². The van der Waals surface area contributed by atoms with Gasteiger partial charge in [-0.1, -0.05) is 54.6 Å². The van der Waals surface area contributed by atoms with Crippen molar-refractivity contribution in [3.05, 3.63) is 71.3 Å². The van der Waals surface area contributed by atoms with Gasteiger partial charge in [-0.2, -0.15) is 0 Å². The summed E-state index contributed by atoms with van der Waals surface area (Å²) in [5.41, 5.74) is 3.95. The summed E-state index contributed by atoms with van der Waals surface area (Å²) in [5, 5.41) is 6.69. The molecule has 2 aliphatic rings. The van der Waals surface area contributed by atoms with E-state index in [1.807, 2.05) is 30.3 Å². The molecule has 2 aliphatic carbocycles. The van der Waals surface area contributed by atoms with Crippen LogP contribution in [0, 0.1) is 0 Å². The van der Waals surface area contributed by atoms with Crippen LogP contribution in [0.25, 0.3) is 0 Å². The lowest BCUT2D eigenvalue weighted by Crippen LogP contribution is -2.54. The van der Waals surface area contributed by atoms with Gasteiger partial charge in [0.1, 0.15) is 6.61 Å². The van der Waals surface area contributed by atoms with Crippen molar-refractivity contribution in [3.63, 3.8) is 0 Å². The van der Waals surface area contributed by atoms with Gasteiger partial charge in [0.25, 0.3) is 0 Å². The van der Waals surface area contributed by atoms with Gasteiger partial charge in [-0.15, -0.1) is 0 Å². The first-order valence-electron chi connectivity index (χ1n) is 9.06. The topological polar surface area (TPSA) is 50.4 Å². The Hall–Kier alpha value is -2.33. The molecule has 1 saturated carbocycles. The third-order valence-corrected chi connectivity index (χ3v) is 5.20. The molecule has 2 aromatic carbocycles. The normalized spacial score (nSPS) is 22.1. The van der Waals surface area contributed by atoms with Crippen molar-refractivity contribution in [2.45, 2.75) is 50.4 Å². The second kappa shape index (κ2) is 7.28. The average molecular weight is 336 g/mol. The van der Waals surface area contributed by atoms with Crippen LogP contribution in [0.15, 0.2) is 54.6 Å². The monoisotopic (exact) mass is 336 g/mol. The lowest BCUT2D eigenvalue weighted by Gasteiger charge is -2.37. The number of benzene rings is 2. The number of carbonyl (C=O) groups excluding carboxylic acids is 1. The van der Waals surface area contributed by atoms with Gasteiger partial charge in [0, 0.05) is 18.1 Å². The molecule has 0 atom stereocenters. The SMILES string of the molecule is O=C(NC1CC(NC2Cc3ccccc3C2)C1)OCc1ccccc1. The molecule has 0 bridgehead atoms. The molecule has 130 valence electrons. The predicted molar refractivity (Wildman–Crippen MR) is 97.3 cm³/mol. The minimum Gasteiger partial charge on any atom is -0.445 e. The van der Waals surface area contributed by atoms with E-state index in [1.54, 1.807) is 0 Å². The number of hydrogen-bond acceptors (Lipinski definition) is 3. The highest BCUT2D eigenvalue weighted by molar-refractivity contribution is 5.67. The molecule has 0 unspecified atom stereocenters. The summed E-state index contributed by atoms with van der Waals surface area (Å²) >= 11 is 0. The zero-order valence-electron chi connectivity index (χ0n) is 14.3. The van der Waals surface area contributed by atoms with Crippen molar-refractivity contribution in [1.82, 2.24) is 10.6 Å². The van der Waals surface area contributed by atoms with Crippen molar-refractivity contribution in [3.8, 4) is 0 Å². The van der Waals surface area contributed by atoms with Crippen molar-refractivity contribution in [1.29, 1.82) is 0 Å². The van der Waals surface area contributed by atoms with E-state index in [4.69, 9.17) is 4.74 Å². The van der Waals surface area contributed by atoms with Gasteiger partial charge in [-0.3, -0.25) is 0 Å². The fraction of sp³-hybridized carbons (Fsp3) is 0.381. The number of amides is 1. The highest BCUT2D eigenvalue weighted by Crippen LogP contribution is 2.26. The first-order chi connectivity index (χ1) is 12.3. The molecule has 0 radical (unpaired) electrons. The molecule has 4 nitrogen and oxygen atoms in total. The first-order valence-corrected chi connectivity index (χ1v) is 9.06. The van der Waals surface area contributed by atoms with Crippen LogP contribution in [0.3, 0.4) is 0 Å². The van der Waals surface area contributed by atoms with Crippen LogP contribution in [-0.4, -0.2) is 24.2 Å². The molecule has 4 heteroatoms. The van der Waals surface area contributed by atoms with E-state index in [9.17, 15) is 4.79 Å². The quantitative estimate of drug-likeness (QED) is 0.881. The van der Waals surface area contributed by atoms with Crippen molar-refractivity contribution >= 4 is 6.09 Å². The number of nitrogens with one attached hydrogen (secondary N) is 2. The Morgan fingerprint density at radius 1 is 0.880 bits per heavy atom. The van der Waals surface area contributed by atoms with Gasteiger partial charge in [0.2, 0.25) is 0 Å². The van der Waals surface area contributed by atoms with Crippen LogP contribution in [0.5, 0.6) is 0 Å². The third-order valence-electron chi connectivity index (χ3n) is 5.20. The molecule has 1 fully saturated rings. The summed E-state index contributed by atoms with van der Waals surface area (Å²) in [4.78, 5) is 11.9. The fourth-order valence-electron chi connectivity index (χ4n) is 3.81. The summed E-state index contributed by atoms with van der Waals surface area (Å²) < 4.78 is 5.27.